The summed E-state index contributed by atoms with van der Waals surface area (Å²) in [6, 6.07) is 9.00. The average Bonchev–Trinajstić information content (AvgIpc) is 3.07. The molecule has 2 heterocycles. The third-order valence-corrected chi connectivity index (χ3v) is 6.85. The fourth-order valence-corrected chi connectivity index (χ4v) is 4.40. The molecule has 0 saturated carbocycles. The lowest BCUT2D eigenvalue weighted by molar-refractivity contribution is -0.176. The van der Waals surface area contributed by atoms with Gasteiger partial charge in [0.25, 0.3) is 5.91 Å². The van der Waals surface area contributed by atoms with Crippen LogP contribution in [0.2, 0.25) is 0 Å². The zero-order chi connectivity index (χ0) is 33.6. The van der Waals surface area contributed by atoms with Crippen molar-refractivity contribution >= 4 is 29.8 Å². The van der Waals surface area contributed by atoms with Crippen molar-refractivity contribution in [3.05, 3.63) is 53.9 Å². The number of esters is 4. The molecule has 0 aliphatic carbocycles. The monoisotopic (exact) mass is 644 g/mol. The maximum Gasteiger partial charge on any atom is 0.332 e. The van der Waals surface area contributed by atoms with Crippen molar-refractivity contribution < 1.29 is 57.1 Å². The number of benzene rings is 1. The summed E-state index contributed by atoms with van der Waals surface area (Å²) in [5.74, 6) is -5.34. The van der Waals surface area contributed by atoms with Gasteiger partial charge in [-0.3, -0.25) is 19.2 Å². The number of carbonyl (C=O) groups excluding carboxylic acids is 5. The molecule has 1 fully saturated rings. The Morgan fingerprint density at radius 3 is 2.50 bits per heavy atom. The number of amides is 1. The van der Waals surface area contributed by atoms with Crippen molar-refractivity contribution in [3.8, 4) is 11.5 Å². The molecule has 1 aromatic carbocycles. The summed E-state index contributed by atoms with van der Waals surface area (Å²) in [6.07, 6.45) is -0.837. The zero-order valence-electron chi connectivity index (χ0n) is 26.5. The highest BCUT2D eigenvalue weighted by atomic mass is 16.7. The standard InChI is InChI=1S/C32H40N2O12/c1-6-41-15-13-25(35)43-18-44-28-24(40-5)12-14-33-26(28)29(36)34-23-17-42-31(38)22(16-21-10-8-7-9-11-21)27(20(4)45-32(23)39)46-30(37)19(2)3/h7-12,14,19-20,22-23,27H,6,13,15-18H2,1-5H3,(H,34,36)/t20-,22+,23-,27-/m0/s1. The fraction of sp³-hybridized carbons (Fsp3) is 0.500. The number of nitrogens with one attached hydrogen (secondary N) is 1. The molecule has 0 spiro atoms. The summed E-state index contributed by atoms with van der Waals surface area (Å²) < 4.78 is 37.8. The van der Waals surface area contributed by atoms with Gasteiger partial charge in [0.15, 0.2) is 29.3 Å². The van der Waals surface area contributed by atoms with Gasteiger partial charge in [-0.25, -0.2) is 9.78 Å². The lowest BCUT2D eigenvalue weighted by atomic mass is 9.91. The van der Waals surface area contributed by atoms with Crippen LogP contribution in [0.5, 0.6) is 11.5 Å². The zero-order valence-corrected chi connectivity index (χ0v) is 26.5. The summed E-state index contributed by atoms with van der Waals surface area (Å²) in [5, 5.41) is 2.46. The number of methoxy groups -OCH3 is 1. The molecule has 1 aromatic heterocycles. The molecule has 1 N–H and O–H groups in total. The molecule has 3 rings (SSSR count). The topological polar surface area (TPSA) is 175 Å². The maximum atomic E-state index is 13.4. The van der Waals surface area contributed by atoms with E-state index in [-0.39, 0.29) is 36.6 Å². The fourth-order valence-electron chi connectivity index (χ4n) is 4.40. The van der Waals surface area contributed by atoms with Gasteiger partial charge in [-0.1, -0.05) is 44.2 Å². The van der Waals surface area contributed by atoms with E-state index in [0.29, 0.717) is 6.61 Å². The molecule has 1 aliphatic rings. The van der Waals surface area contributed by atoms with Crippen LogP contribution in [0.25, 0.3) is 0 Å². The maximum absolute atomic E-state index is 13.4. The number of cyclic esters (lactones) is 2. The van der Waals surface area contributed by atoms with E-state index in [1.54, 1.807) is 32.9 Å². The second-order valence-electron chi connectivity index (χ2n) is 10.6. The van der Waals surface area contributed by atoms with Gasteiger partial charge in [0, 0.05) is 18.9 Å². The van der Waals surface area contributed by atoms with Crippen LogP contribution in [-0.2, 0) is 49.3 Å². The third kappa shape index (κ3) is 10.2. The molecule has 4 atom stereocenters. The first kappa shape index (κ1) is 35.8. The van der Waals surface area contributed by atoms with Crippen LogP contribution in [0.4, 0.5) is 0 Å². The summed E-state index contributed by atoms with van der Waals surface area (Å²) in [4.78, 5) is 68.7. The first-order valence-corrected chi connectivity index (χ1v) is 14.9. The largest absolute Gasteiger partial charge is 0.493 e. The highest BCUT2D eigenvalue weighted by Crippen LogP contribution is 2.30. The van der Waals surface area contributed by atoms with Crippen LogP contribution >= 0.6 is 0 Å². The van der Waals surface area contributed by atoms with Crippen LogP contribution < -0.4 is 14.8 Å². The minimum Gasteiger partial charge on any atom is -0.493 e. The first-order chi connectivity index (χ1) is 22.0. The lowest BCUT2D eigenvalue weighted by Crippen LogP contribution is -2.47. The van der Waals surface area contributed by atoms with E-state index >= 15 is 0 Å². The Morgan fingerprint density at radius 1 is 1.09 bits per heavy atom. The first-order valence-electron chi connectivity index (χ1n) is 14.9. The predicted octanol–water partition coefficient (Wildman–Crippen LogP) is 2.41. The normalized spacial score (nSPS) is 19.9. The van der Waals surface area contributed by atoms with Crippen molar-refractivity contribution in [1.29, 1.82) is 0 Å². The predicted molar refractivity (Wildman–Crippen MR) is 160 cm³/mol. The Kier molecular flexibility index (Phi) is 13.7. The van der Waals surface area contributed by atoms with Gasteiger partial charge < -0.3 is 38.5 Å². The van der Waals surface area contributed by atoms with E-state index in [1.807, 2.05) is 18.2 Å². The molecule has 14 heteroatoms. The Bertz CT molecular complexity index is 1350. The molecular weight excluding hydrogens is 604 g/mol. The molecule has 2 aromatic rings. The van der Waals surface area contributed by atoms with Crippen molar-refractivity contribution in [2.75, 3.05) is 33.7 Å². The number of aromatic nitrogens is 1. The second-order valence-corrected chi connectivity index (χ2v) is 10.6. The van der Waals surface area contributed by atoms with Crippen molar-refractivity contribution in [2.45, 2.75) is 58.8 Å². The highest BCUT2D eigenvalue weighted by Gasteiger charge is 2.42. The van der Waals surface area contributed by atoms with Crippen LogP contribution in [0.3, 0.4) is 0 Å². The summed E-state index contributed by atoms with van der Waals surface area (Å²) >= 11 is 0. The van der Waals surface area contributed by atoms with Gasteiger partial charge in [-0.05, 0) is 25.8 Å². The minimum atomic E-state index is -1.46. The van der Waals surface area contributed by atoms with Crippen LogP contribution in [-0.4, -0.2) is 86.7 Å². The van der Waals surface area contributed by atoms with E-state index in [4.69, 9.17) is 33.2 Å². The smallest absolute Gasteiger partial charge is 0.332 e. The third-order valence-electron chi connectivity index (χ3n) is 6.85. The quantitative estimate of drug-likeness (QED) is 0.138. The molecule has 1 aliphatic heterocycles. The molecule has 0 radical (unpaired) electrons. The van der Waals surface area contributed by atoms with E-state index in [2.05, 4.69) is 10.3 Å². The number of hydrogen-bond donors (Lipinski definition) is 1. The molecule has 46 heavy (non-hydrogen) atoms. The van der Waals surface area contributed by atoms with Crippen LogP contribution in [0.1, 0.15) is 50.2 Å². The second kappa shape index (κ2) is 17.7. The Labute approximate surface area is 267 Å². The van der Waals surface area contributed by atoms with Crippen molar-refractivity contribution in [1.82, 2.24) is 10.3 Å². The minimum absolute atomic E-state index is 0.000609. The summed E-state index contributed by atoms with van der Waals surface area (Å²) in [6.45, 7) is 6.05. The number of pyridine rings is 1. The summed E-state index contributed by atoms with van der Waals surface area (Å²) in [5.41, 5.74) is 0.469. The van der Waals surface area contributed by atoms with Crippen molar-refractivity contribution in [2.24, 2.45) is 11.8 Å². The van der Waals surface area contributed by atoms with Gasteiger partial charge in [0.1, 0.15) is 18.6 Å². The number of hydrogen-bond acceptors (Lipinski definition) is 13. The number of rotatable bonds is 14. The van der Waals surface area contributed by atoms with Gasteiger partial charge in [0.2, 0.25) is 6.79 Å². The van der Waals surface area contributed by atoms with E-state index in [0.717, 1.165) is 5.56 Å². The Hall–Kier alpha value is -4.72. The molecule has 0 unspecified atom stereocenters. The van der Waals surface area contributed by atoms with E-state index in [1.165, 1.54) is 26.3 Å². The van der Waals surface area contributed by atoms with Crippen LogP contribution in [0, 0.1) is 11.8 Å². The lowest BCUT2D eigenvalue weighted by Gasteiger charge is -2.29. The number of nitrogens with zero attached hydrogens (tertiary/aromatic N) is 1. The average molecular weight is 645 g/mol. The molecule has 1 amide bonds. The summed E-state index contributed by atoms with van der Waals surface area (Å²) in [7, 11) is 1.34. The van der Waals surface area contributed by atoms with Gasteiger partial charge >= 0.3 is 23.9 Å². The Morgan fingerprint density at radius 2 is 1.83 bits per heavy atom. The van der Waals surface area contributed by atoms with E-state index < -0.39 is 73.3 Å². The molecule has 1 saturated heterocycles. The SMILES string of the molecule is CCOCCC(=O)OCOc1c(OC)ccnc1C(=O)N[C@H]1COC(=O)[C@H](Cc2ccccc2)[C@@H](OC(=O)C(C)C)[C@H](C)OC1=O. The van der Waals surface area contributed by atoms with Gasteiger partial charge in [0.05, 0.1) is 26.1 Å². The molecule has 0 bridgehead atoms. The molecular formula is C32H40N2O12. The van der Waals surface area contributed by atoms with Crippen LogP contribution in [0.15, 0.2) is 42.6 Å². The van der Waals surface area contributed by atoms with Gasteiger partial charge in [-0.2, -0.15) is 0 Å². The number of carbonyl (C=O) groups is 5. The van der Waals surface area contributed by atoms with Gasteiger partial charge in [-0.15, -0.1) is 0 Å². The van der Waals surface area contributed by atoms with E-state index in [9.17, 15) is 24.0 Å². The molecule has 250 valence electrons. The number of ether oxygens (including phenoxy) is 7. The molecule has 14 nitrogen and oxygen atoms in total. The Balaban J connectivity index is 1.80. The highest BCUT2D eigenvalue weighted by molar-refractivity contribution is 5.98. The van der Waals surface area contributed by atoms with Crippen molar-refractivity contribution in [3.63, 3.8) is 0 Å².